The Labute approximate surface area is 348 Å². The van der Waals surface area contributed by atoms with E-state index in [0.29, 0.717) is 24.5 Å². The third-order valence-corrected chi connectivity index (χ3v) is 12.9. The van der Waals surface area contributed by atoms with Gasteiger partial charge in [0, 0.05) is 47.9 Å². The zero-order chi connectivity index (χ0) is 38.6. The molecule has 19 nitrogen and oxygen atoms in total. The van der Waals surface area contributed by atoms with Gasteiger partial charge in [0.1, 0.15) is 23.7 Å². The second-order valence-corrected chi connectivity index (χ2v) is 16.7. The van der Waals surface area contributed by atoms with E-state index in [1.807, 2.05) is 0 Å². The fourth-order valence-corrected chi connectivity index (χ4v) is 9.33. The number of aromatic hydroxyl groups is 2. The number of fused-ring (bicyclic) bond motifs is 4. The fraction of sp³-hybridized carbons (Fsp3) is 0.469. The number of carboxylic acid groups (broad SMARTS) is 1. The standard InChI is InChI=1S/C32H36ClN11O8S2.Na/c1-31(2,29(50)51)52-40-20(17-13-54-30(34)36-17)26(48)37-21-27(49)43-22(24-38-41-42-39-24)15(12-53-28(21)43)11-44-8-5-32(6-9-44,7-10-44)14-35-25(47)16-3-4-18(45)23(46)19(16)33;/h3-4,13,21,28H,5-12,14H2,1-2H3,(H7-,34,35,36,37,38,39,40,41,42,45,46,47,48,50,51);/q;+1/p-1/t21-,28-,32?,44?;/m1./s1. The van der Waals surface area contributed by atoms with Gasteiger partial charge in [-0.05, 0) is 26.0 Å². The second kappa shape index (κ2) is 15.5. The van der Waals surface area contributed by atoms with Gasteiger partial charge in [0.25, 0.3) is 17.7 Å². The van der Waals surface area contributed by atoms with Crippen LogP contribution in [0, 0.1) is 5.41 Å². The summed E-state index contributed by atoms with van der Waals surface area (Å²) in [5.41, 5.74) is 5.02. The van der Waals surface area contributed by atoms with Crippen LogP contribution in [0.2, 0.25) is 5.02 Å². The first kappa shape index (κ1) is 40.7. The molecule has 0 saturated carbocycles. The Bertz CT molecular complexity index is 2070. The van der Waals surface area contributed by atoms with E-state index >= 15 is 0 Å². The number of hydrogen-bond acceptors (Lipinski definition) is 16. The summed E-state index contributed by atoms with van der Waals surface area (Å²) >= 11 is 8.63. The first-order chi connectivity index (χ1) is 25.6. The predicted molar refractivity (Wildman–Crippen MR) is 191 cm³/mol. The molecule has 0 unspecified atom stereocenters. The van der Waals surface area contributed by atoms with Gasteiger partial charge < -0.3 is 50.9 Å². The van der Waals surface area contributed by atoms with Crippen LogP contribution in [-0.4, -0.2) is 125 Å². The minimum absolute atomic E-state index is 0. The Morgan fingerprint density at radius 2 is 1.95 bits per heavy atom. The molecule has 2 atom stereocenters. The topological polar surface area (TPSA) is 272 Å². The summed E-state index contributed by atoms with van der Waals surface area (Å²) in [5, 5.41) is 57.0. The molecule has 3 aromatic rings. The molecule has 0 aliphatic carbocycles. The number of carbonyl (C=O) groups is 4. The molecule has 4 fully saturated rings. The van der Waals surface area contributed by atoms with Crippen molar-refractivity contribution in [3.63, 3.8) is 0 Å². The smallest absolute Gasteiger partial charge is 0.546 e. The maximum absolute atomic E-state index is 13.8. The number of phenolic OH excluding ortho intramolecular Hbond substituents is 2. The molecule has 23 heteroatoms. The van der Waals surface area contributed by atoms with Crippen molar-refractivity contribution in [2.45, 2.75) is 50.1 Å². The number of thiazole rings is 1. The number of anilines is 1. The number of nitrogens with two attached hydrogens (primary N) is 1. The van der Waals surface area contributed by atoms with Gasteiger partial charge >= 0.3 is 29.6 Å². The third kappa shape index (κ3) is 7.74. The Kier molecular flexibility index (Phi) is 11.5. The molecular formula is C32H35ClN11NaO8S2. The quantitative estimate of drug-likeness (QED) is 0.0295. The van der Waals surface area contributed by atoms with E-state index in [-0.39, 0.29) is 67.9 Å². The Balaban J connectivity index is 0.00000514. The molecule has 7 heterocycles. The van der Waals surface area contributed by atoms with Gasteiger partial charge in [-0.1, -0.05) is 16.8 Å². The number of nitrogen functional groups attached to an aromatic ring is 1. The Morgan fingerprint density at radius 3 is 2.56 bits per heavy atom. The summed E-state index contributed by atoms with van der Waals surface area (Å²) in [7, 11) is 0. The Morgan fingerprint density at radius 1 is 1.24 bits per heavy atom. The summed E-state index contributed by atoms with van der Waals surface area (Å²) in [6.07, 6.45) is 2.56. The monoisotopic (exact) mass is 823 g/mol. The minimum Gasteiger partial charge on any atom is -0.546 e. The van der Waals surface area contributed by atoms with Crippen LogP contribution in [0.5, 0.6) is 11.5 Å². The maximum Gasteiger partial charge on any atom is 1.00 e. The van der Waals surface area contributed by atoms with Crippen LogP contribution in [0.25, 0.3) is 5.70 Å². The van der Waals surface area contributed by atoms with E-state index in [1.54, 1.807) is 4.90 Å². The zero-order valence-corrected chi connectivity index (χ0v) is 34.3. The Hall–Kier alpha value is -3.99. The number of piperidine rings is 3. The molecular weight excluding hydrogens is 789 g/mol. The molecule has 5 aliphatic heterocycles. The van der Waals surface area contributed by atoms with Crippen molar-refractivity contribution < 1.29 is 73.4 Å². The largest absolute Gasteiger partial charge is 1.00 e. The molecule has 2 aromatic heterocycles. The van der Waals surface area contributed by atoms with E-state index in [4.69, 9.17) is 22.2 Å². The van der Waals surface area contributed by atoms with Crippen molar-refractivity contribution in [1.29, 1.82) is 0 Å². The molecule has 0 spiro atoms. The van der Waals surface area contributed by atoms with Crippen molar-refractivity contribution in [3.8, 4) is 11.5 Å². The zero-order valence-electron chi connectivity index (χ0n) is 29.9. The van der Waals surface area contributed by atoms with Crippen molar-refractivity contribution >= 4 is 74.9 Å². The second-order valence-electron chi connectivity index (χ2n) is 14.3. The number of tetrazole rings is 1. The van der Waals surface area contributed by atoms with Crippen LogP contribution in [0.3, 0.4) is 0 Å². The molecule has 55 heavy (non-hydrogen) atoms. The number of amides is 3. The number of nitrogens with zero attached hydrogens (tertiary/aromatic N) is 8. The molecule has 4 saturated heterocycles. The predicted octanol–water partition coefficient (Wildman–Crippen LogP) is -3.57. The van der Waals surface area contributed by atoms with E-state index in [2.05, 4.69) is 41.4 Å². The average Bonchev–Trinajstić information content (AvgIpc) is 3.85. The minimum atomic E-state index is -1.87. The van der Waals surface area contributed by atoms with Crippen LogP contribution in [0.4, 0.5) is 5.13 Å². The molecule has 2 bridgehead atoms. The normalized spacial score (nSPS) is 24.7. The number of hydrogen-bond donors (Lipinski definition) is 5. The van der Waals surface area contributed by atoms with E-state index in [1.165, 1.54) is 43.1 Å². The number of benzene rings is 1. The van der Waals surface area contributed by atoms with Crippen LogP contribution in [0.1, 0.15) is 55.0 Å². The van der Waals surface area contributed by atoms with Crippen molar-refractivity contribution in [1.82, 2.24) is 41.1 Å². The molecule has 0 radical (unpaired) electrons. The number of β-lactam (4-membered cyclic amide) rings is 1. The van der Waals surface area contributed by atoms with Gasteiger partial charge in [-0.25, -0.2) is 4.98 Å². The van der Waals surface area contributed by atoms with Gasteiger partial charge in [-0.2, -0.15) is 5.21 Å². The average molecular weight is 824 g/mol. The molecule has 1 aromatic carbocycles. The number of thioether (sulfide) groups is 1. The summed E-state index contributed by atoms with van der Waals surface area (Å²) < 4.78 is 0.778. The van der Waals surface area contributed by atoms with E-state index in [0.717, 1.165) is 60.3 Å². The number of nitrogens with one attached hydrogen (secondary N) is 2. The van der Waals surface area contributed by atoms with Crippen LogP contribution in [-0.2, 0) is 19.2 Å². The number of carbonyl (C=O) groups excluding carboxylic acids is 4. The van der Waals surface area contributed by atoms with Crippen molar-refractivity contribution in [2.75, 3.05) is 44.2 Å². The summed E-state index contributed by atoms with van der Waals surface area (Å²) in [6, 6.07) is 1.62. The van der Waals surface area contributed by atoms with Crippen LogP contribution < -0.4 is 56.1 Å². The number of phenols is 2. The number of aromatic nitrogens is 5. The van der Waals surface area contributed by atoms with Gasteiger partial charge in [-0.3, -0.25) is 29.6 Å². The number of quaternary nitrogens is 1. The third-order valence-electron chi connectivity index (χ3n) is 10.5. The van der Waals surface area contributed by atoms with Crippen LogP contribution in [0.15, 0.2) is 28.2 Å². The molecule has 8 rings (SSSR count). The molecule has 3 amide bonds. The van der Waals surface area contributed by atoms with Crippen molar-refractivity contribution in [2.24, 2.45) is 10.6 Å². The van der Waals surface area contributed by atoms with E-state index < -0.39 is 52.2 Å². The first-order valence-electron chi connectivity index (χ1n) is 16.8. The fourth-order valence-electron chi connectivity index (χ4n) is 7.20. The first-order valence-corrected chi connectivity index (χ1v) is 19.1. The van der Waals surface area contributed by atoms with Crippen LogP contribution >= 0.6 is 34.7 Å². The number of carboxylic acids is 1. The maximum atomic E-state index is 13.8. The molecule has 6 N–H and O–H groups in total. The number of oxime groups is 1. The molecule has 5 aliphatic rings. The summed E-state index contributed by atoms with van der Waals surface area (Å²) in [4.78, 5) is 62.6. The number of halogens is 1. The summed E-state index contributed by atoms with van der Waals surface area (Å²) in [6.45, 7) is 6.01. The number of aliphatic carboxylic acids is 1. The van der Waals surface area contributed by atoms with Crippen molar-refractivity contribution in [3.05, 3.63) is 45.2 Å². The summed E-state index contributed by atoms with van der Waals surface area (Å²) in [5.74, 6) is -3.44. The van der Waals surface area contributed by atoms with Gasteiger partial charge in [0.05, 0.1) is 47.7 Å². The van der Waals surface area contributed by atoms with Gasteiger partial charge in [-0.15, -0.1) is 23.1 Å². The SMILES string of the molecule is CC(C)(O/N=C(\C(=O)N[C@@H]1C(=O)N2C(c3nnn[n-]3)=C(C[N+]34CCC(CNC(=O)c5ccc(O)c(O)c5Cl)(CC3)CC4)CS[C@H]12)c1csc(N)n1)C(=O)[O-].[Na+]. The number of rotatable bonds is 12. The van der Waals surface area contributed by atoms with Gasteiger partial charge in [0.15, 0.2) is 27.9 Å². The molecule has 286 valence electrons. The van der Waals surface area contributed by atoms with E-state index in [9.17, 15) is 34.5 Å². The van der Waals surface area contributed by atoms with Gasteiger partial charge in [0.2, 0.25) is 0 Å².